The molecule has 0 aliphatic carbocycles. The highest BCUT2D eigenvalue weighted by molar-refractivity contribution is 5.86. The minimum Gasteiger partial charge on any atom is -0.444 e. The lowest BCUT2D eigenvalue weighted by molar-refractivity contribution is 0.0180. The third-order valence-corrected chi connectivity index (χ3v) is 4.96. The molecule has 1 saturated heterocycles. The Hall–Kier alpha value is -2.54. The molecule has 2 aromatic carbocycles. The molecule has 1 fully saturated rings. The fourth-order valence-corrected chi connectivity index (χ4v) is 3.69. The van der Waals surface area contributed by atoms with E-state index in [4.69, 9.17) is 4.74 Å². The van der Waals surface area contributed by atoms with E-state index in [-0.39, 0.29) is 17.9 Å². The molecule has 1 heterocycles. The first-order valence-corrected chi connectivity index (χ1v) is 9.24. The van der Waals surface area contributed by atoms with Gasteiger partial charge in [-0.2, -0.15) is 5.26 Å². The second-order valence-corrected chi connectivity index (χ2v) is 7.98. The van der Waals surface area contributed by atoms with Gasteiger partial charge in [-0.1, -0.05) is 42.5 Å². The number of piperidine rings is 1. The second-order valence-electron chi connectivity index (χ2n) is 7.98. The van der Waals surface area contributed by atoms with Crippen molar-refractivity contribution >= 4 is 16.9 Å². The van der Waals surface area contributed by atoms with Gasteiger partial charge in [0.05, 0.1) is 12.0 Å². The van der Waals surface area contributed by atoms with E-state index in [1.54, 1.807) is 4.90 Å². The molecule has 1 atom stereocenters. The van der Waals surface area contributed by atoms with Crippen LogP contribution in [0.15, 0.2) is 42.5 Å². The van der Waals surface area contributed by atoms with Crippen molar-refractivity contribution in [2.45, 2.75) is 45.1 Å². The number of amides is 1. The number of benzene rings is 2. The lowest BCUT2D eigenvalue weighted by Crippen LogP contribution is -2.42. The average Bonchev–Trinajstić information content (AvgIpc) is 2.62. The molecule has 4 heteroatoms. The van der Waals surface area contributed by atoms with Crippen LogP contribution in [-0.4, -0.2) is 29.7 Å². The van der Waals surface area contributed by atoms with E-state index < -0.39 is 5.60 Å². The Morgan fingerprint density at radius 3 is 2.46 bits per heavy atom. The Balaban J connectivity index is 1.73. The van der Waals surface area contributed by atoms with Crippen LogP contribution in [0.2, 0.25) is 0 Å². The van der Waals surface area contributed by atoms with Gasteiger partial charge in [0, 0.05) is 13.1 Å². The van der Waals surface area contributed by atoms with Crippen LogP contribution < -0.4 is 0 Å². The molecular formula is C22H26N2O2. The Morgan fingerprint density at radius 1 is 1.15 bits per heavy atom. The van der Waals surface area contributed by atoms with Gasteiger partial charge in [0.2, 0.25) is 0 Å². The molecule has 1 aliphatic heterocycles. The fourth-order valence-electron chi connectivity index (χ4n) is 3.69. The van der Waals surface area contributed by atoms with Crippen LogP contribution in [0.3, 0.4) is 0 Å². The van der Waals surface area contributed by atoms with Crippen LogP contribution in [0.25, 0.3) is 10.8 Å². The maximum absolute atomic E-state index is 12.2. The fraction of sp³-hybridized carbons (Fsp3) is 0.455. The molecule has 0 spiro atoms. The van der Waals surface area contributed by atoms with Crippen molar-refractivity contribution in [1.82, 2.24) is 4.90 Å². The summed E-state index contributed by atoms with van der Waals surface area (Å²) in [4.78, 5) is 14.0. The summed E-state index contributed by atoms with van der Waals surface area (Å²) in [6.07, 6.45) is 1.39. The van der Waals surface area contributed by atoms with Crippen molar-refractivity contribution in [3.05, 3.63) is 48.0 Å². The van der Waals surface area contributed by atoms with Crippen LogP contribution in [0.4, 0.5) is 4.79 Å². The van der Waals surface area contributed by atoms with Crippen molar-refractivity contribution in [2.24, 2.45) is 5.92 Å². The summed E-state index contributed by atoms with van der Waals surface area (Å²) in [6.45, 7) is 6.92. The van der Waals surface area contributed by atoms with Gasteiger partial charge in [0.1, 0.15) is 5.60 Å². The van der Waals surface area contributed by atoms with Gasteiger partial charge >= 0.3 is 6.09 Å². The van der Waals surface area contributed by atoms with Crippen LogP contribution in [0.1, 0.15) is 45.1 Å². The SMILES string of the molecule is CC(C)(C)OC(=O)N1CCC(C(C#N)c2cccc3ccccc23)CC1. The molecule has 0 saturated carbocycles. The van der Waals surface area contributed by atoms with Gasteiger partial charge in [-0.3, -0.25) is 0 Å². The van der Waals surface area contributed by atoms with E-state index in [1.165, 1.54) is 0 Å². The van der Waals surface area contributed by atoms with Crippen LogP contribution >= 0.6 is 0 Å². The highest BCUT2D eigenvalue weighted by atomic mass is 16.6. The van der Waals surface area contributed by atoms with Crippen molar-refractivity contribution in [2.75, 3.05) is 13.1 Å². The second kappa shape index (κ2) is 7.37. The molecule has 0 aromatic heterocycles. The molecule has 0 radical (unpaired) electrons. The molecule has 0 N–H and O–H groups in total. The number of rotatable bonds is 2. The van der Waals surface area contributed by atoms with Gasteiger partial charge in [-0.05, 0) is 55.9 Å². The minimum atomic E-state index is -0.480. The van der Waals surface area contributed by atoms with Gasteiger partial charge in [-0.15, -0.1) is 0 Å². The molecule has 3 rings (SSSR count). The highest BCUT2D eigenvalue weighted by Crippen LogP contribution is 2.36. The molecule has 26 heavy (non-hydrogen) atoms. The maximum atomic E-state index is 12.2. The number of carbonyl (C=O) groups excluding carboxylic acids is 1. The summed E-state index contributed by atoms with van der Waals surface area (Å²) in [5.41, 5.74) is 0.618. The number of ether oxygens (including phenoxy) is 1. The van der Waals surface area contributed by atoms with E-state index in [9.17, 15) is 10.1 Å². The predicted octanol–water partition coefficient (Wildman–Crippen LogP) is 5.09. The summed E-state index contributed by atoms with van der Waals surface area (Å²) in [5, 5.41) is 12.2. The number of hydrogen-bond acceptors (Lipinski definition) is 3. The number of fused-ring (bicyclic) bond motifs is 1. The summed E-state index contributed by atoms with van der Waals surface area (Å²) in [6, 6.07) is 16.9. The quantitative estimate of drug-likeness (QED) is 0.757. The standard InChI is InChI=1S/C22H26N2O2/c1-22(2,3)26-21(25)24-13-11-17(12-14-24)20(15-23)19-10-6-8-16-7-4-5-9-18(16)19/h4-10,17,20H,11-14H2,1-3H3. The molecule has 1 aliphatic rings. The van der Waals surface area contributed by atoms with E-state index in [0.717, 1.165) is 29.2 Å². The zero-order chi connectivity index (χ0) is 18.7. The molecule has 4 nitrogen and oxygen atoms in total. The Bertz CT molecular complexity index is 819. The van der Waals surface area contributed by atoms with Crippen molar-refractivity contribution in [3.8, 4) is 6.07 Å². The largest absolute Gasteiger partial charge is 0.444 e. The molecule has 1 unspecified atom stereocenters. The maximum Gasteiger partial charge on any atom is 0.410 e. The Kier molecular flexibility index (Phi) is 5.18. The Morgan fingerprint density at radius 2 is 1.81 bits per heavy atom. The third-order valence-electron chi connectivity index (χ3n) is 4.96. The van der Waals surface area contributed by atoms with Crippen molar-refractivity contribution in [1.29, 1.82) is 5.26 Å². The van der Waals surface area contributed by atoms with E-state index >= 15 is 0 Å². The average molecular weight is 350 g/mol. The number of likely N-dealkylation sites (tertiary alicyclic amines) is 1. The molecular weight excluding hydrogens is 324 g/mol. The third kappa shape index (κ3) is 3.99. The van der Waals surface area contributed by atoms with Gasteiger partial charge in [-0.25, -0.2) is 4.79 Å². The highest BCUT2D eigenvalue weighted by Gasteiger charge is 2.32. The van der Waals surface area contributed by atoms with Crippen molar-refractivity contribution < 1.29 is 9.53 Å². The van der Waals surface area contributed by atoms with Crippen LogP contribution in [0, 0.1) is 17.2 Å². The summed E-state index contributed by atoms with van der Waals surface area (Å²) < 4.78 is 5.46. The van der Waals surface area contributed by atoms with E-state index in [0.29, 0.717) is 13.1 Å². The number of nitriles is 1. The van der Waals surface area contributed by atoms with Crippen LogP contribution in [0.5, 0.6) is 0 Å². The smallest absolute Gasteiger partial charge is 0.410 e. The number of carbonyl (C=O) groups is 1. The lowest BCUT2D eigenvalue weighted by Gasteiger charge is -2.35. The molecule has 1 amide bonds. The first-order valence-electron chi connectivity index (χ1n) is 9.24. The summed E-state index contributed by atoms with van der Waals surface area (Å²) in [5.74, 6) is 0.103. The van der Waals surface area contributed by atoms with Crippen LogP contribution in [-0.2, 0) is 4.74 Å². The van der Waals surface area contributed by atoms with E-state index in [1.807, 2.05) is 39.0 Å². The topological polar surface area (TPSA) is 53.3 Å². The summed E-state index contributed by atoms with van der Waals surface area (Å²) >= 11 is 0. The molecule has 2 aromatic rings. The summed E-state index contributed by atoms with van der Waals surface area (Å²) in [7, 11) is 0. The normalized spacial score (nSPS) is 16.9. The van der Waals surface area contributed by atoms with Crippen molar-refractivity contribution in [3.63, 3.8) is 0 Å². The zero-order valence-electron chi connectivity index (χ0n) is 15.7. The molecule has 136 valence electrons. The number of nitrogens with zero attached hydrogens (tertiary/aromatic N) is 2. The zero-order valence-corrected chi connectivity index (χ0v) is 15.7. The molecule has 0 bridgehead atoms. The van der Waals surface area contributed by atoms with Gasteiger partial charge in [0.15, 0.2) is 0 Å². The first kappa shape index (κ1) is 18.3. The minimum absolute atomic E-state index is 0.151. The van der Waals surface area contributed by atoms with Gasteiger partial charge in [0.25, 0.3) is 0 Å². The Labute approximate surface area is 155 Å². The number of hydrogen-bond donors (Lipinski definition) is 0. The van der Waals surface area contributed by atoms with Gasteiger partial charge < -0.3 is 9.64 Å². The van der Waals surface area contributed by atoms with E-state index in [2.05, 4.69) is 30.3 Å². The lowest BCUT2D eigenvalue weighted by atomic mass is 9.79. The monoisotopic (exact) mass is 350 g/mol. The first-order chi connectivity index (χ1) is 12.4. The predicted molar refractivity (Wildman–Crippen MR) is 103 cm³/mol.